The first kappa shape index (κ1) is 8.70. The Labute approximate surface area is 70.8 Å². The van der Waals surface area contributed by atoms with Crippen molar-refractivity contribution in [3.05, 3.63) is 11.9 Å². The third-order valence-corrected chi connectivity index (χ3v) is 1.68. The molecule has 1 aromatic rings. The first-order chi connectivity index (χ1) is 5.79. The van der Waals surface area contributed by atoms with Gasteiger partial charge in [0.15, 0.2) is 5.69 Å². The molecule has 0 aliphatic heterocycles. The number of carbonyl (C=O) groups is 1. The first-order valence-corrected chi connectivity index (χ1v) is 3.94. The van der Waals surface area contributed by atoms with Crippen molar-refractivity contribution < 1.29 is 4.79 Å². The maximum atomic E-state index is 11.5. The van der Waals surface area contributed by atoms with E-state index in [1.165, 1.54) is 6.20 Å². The molecule has 5 nitrogen and oxygen atoms in total. The minimum atomic E-state index is -0.0752. The molecule has 5 heteroatoms. The molecule has 1 aromatic heterocycles. The molecule has 0 aliphatic rings. The largest absolute Gasteiger partial charge is 0.338 e. The molecule has 12 heavy (non-hydrogen) atoms. The minimum Gasteiger partial charge on any atom is -0.338 e. The summed E-state index contributed by atoms with van der Waals surface area (Å²) in [5.41, 5.74) is 0.374. The molecule has 1 rings (SSSR count). The van der Waals surface area contributed by atoms with Crippen LogP contribution in [0, 0.1) is 0 Å². The van der Waals surface area contributed by atoms with Crippen molar-refractivity contribution in [1.82, 2.24) is 20.3 Å². The quantitative estimate of drug-likeness (QED) is 0.705. The molecule has 0 spiro atoms. The van der Waals surface area contributed by atoms with E-state index in [0.29, 0.717) is 18.8 Å². The third kappa shape index (κ3) is 1.61. The van der Waals surface area contributed by atoms with Crippen molar-refractivity contribution in [2.24, 2.45) is 0 Å². The van der Waals surface area contributed by atoms with E-state index in [1.54, 1.807) is 4.90 Å². The van der Waals surface area contributed by atoms with Gasteiger partial charge in [-0.1, -0.05) is 0 Å². The van der Waals surface area contributed by atoms with Crippen molar-refractivity contribution in [3.63, 3.8) is 0 Å². The fourth-order valence-corrected chi connectivity index (χ4v) is 0.977. The highest BCUT2D eigenvalue weighted by Gasteiger charge is 2.13. The van der Waals surface area contributed by atoms with Gasteiger partial charge < -0.3 is 4.90 Å². The summed E-state index contributed by atoms with van der Waals surface area (Å²) >= 11 is 0. The highest BCUT2D eigenvalue weighted by Crippen LogP contribution is 1.97. The van der Waals surface area contributed by atoms with Crippen LogP contribution in [0.2, 0.25) is 0 Å². The lowest BCUT2D eigenvalue weighted by Gasteiger charge is -2.16. The summed E-state index contributed by atoms with van der Waals surface area (Å²) in [5.74, 6) is -0.0752. The molecule has 0 saturated heterocycles. The lowest BCUT2D eigenvalue weighted by Crippen LogP contribution is -2.30. The second-order valence-corrected chi connectivity index (χ2v) is 2.33. The summed E-state index contributed by atoms with van der Waals surface area (Å²) in [5, 5.41) is 9.68. The van der Waals surface area contributed by atoms with E-state index in [0.717, 1.165) is 0 Å². The minimum absolute atomic E-state index is 0.0752. The van der Waals surface area contributed by atoms with Crippen molar-refractivity contribution in [3.8, 4) is 0 Å². The normalized spacial score (nSPS) is 9.83. The van der Waals surface area contributed by atoms with E-state index in [2.05, 4.69) is 15.4 Å². The zero-order chi connectivity index (χ0) is 8.97. The second-order valence-electron chi connectivity index (χ2n) is 2.33. The first-order valence-electron chi connectivity index (χ1n) is 3.94. The average Bonchev–Trinajstić information content (AvgIpc) is 2.58. The van der Waals surface area contributed by atoms with Crippen LogP contribution in [-0.2, 0) is 0 Å². The van der Waals surface area contributed by atoms with Gasteiger partial charge in [-0.2, -0.15) is 15.4 Å². The predicted molar refractivity (Wildman–Crippen MR) is 43.6 cm³/mol. The summed E-state index contributed by atoms with van der Waals surface area (Å²) in [7, 11) is 0. The summed E-state index contributed by atoms with van der Waals surface area (Å²) in [4.78, 5) is 13.2. The molecule has 0 fully saturated rings. The van der Waals surface area contributed by atoms with Crippen molar-refractivity contribution in [1.29, 1.82) is 0 Å². The van der Waals surface area contributed by atoms with Crippen LogP contribution in [0.3, 0.4) is 0 Å². The zero-order valence-electron chi connectivity index (χ0n) is 7.24. The molecule has 0 aromatic carbocycles. The van der Waals surface area contributed by atoms with Gasteiger partial charge in [0.05, 0.1) is 6.20 Å². The molecule has 1 heterocycles. The van der Waals surface area contributed by atoms with Gasteiger partial charge in [0.25, 0.3) is 5.91 Å². The fraction of sp³-hybridized carbons (Fsp3) is 0.571. The third-order valence-electron chi connectivity index (χ3n) is 1.68. The lowest BCUT2D eigenvalue weighted by atomic mass is 10.4. The number of nitrogens with zero attached hydrogens (tertiary/aromatic N) is 3. The predicted octanol–water partition coefficient (Wildman–Crippen LogP) is 0.287. The molecular formula is C7H12N4O. The Kier molecular flexibility index (Phi) is 2.79. The number of aromatic nitrogens is 3. The lowest BCUT2D eigenvalue weighted by molar-refractivity contribution is 0.0767. The molecule has 1 N–H and O–H groups in total. The highest BCUT2D eigenvalue weighted by molar-refractivity contribution is 5.91. The van der Waals surface area contributed by atoms with Crippen LogP contribution in [0.25, 0.3) is 0 Å². The SMILES string of the molecule is CCN(CC)C(=O)c1cn[nH]n1. The number of aromatic amines is 1. The highest BCUT2D eigenvalue weighted by atomic mass is 16.2. The van der Waals surface area contributed by atoms with Crippen molar-refractivity contribution in [2.45, 2.75) is 13.8 Å². The zero-order valence-corrected chi connectivity index (χ0v) is 7.24. The Bertz CT molecular complexity index is 240. The van der Waals surface area contributed by atoms with Gasteiger partial charge in [-0.05, 0) is 13.8 Å². The number of H-pyrrole nitrogens is 1. The van der Waals surface area contributed by atoms with Gasteiger partial charge in [0.2, 0.25) is 0 Å². The Morgan fingerprint density at radius 1 is 1.58 bits per heavy atom. The molecule has 0 radical (unpaired) electrons. The van der Waals surface area contributed by atoms with Crippen LogP contribution in [0.5, 0.6) is 0 Å². The summed E-state index contributed by atoms with van der Waals surface area (Å²) in [6.45, 7) is 5.26. The number of rotatable bonds is 3. The number of amides is 1. The van der Waals surface area contributed by atoms with E-state index in [4.69, 9.17) is 0 Å². The fourth-order valence-electron chi connectivity index (χ4n) is 0.977. The molecule has 0 aliphatic carbocycles. The number of nitrogens with one attached hydrogen (secondary N) is 1. The number of carbonyl (C=O) groups excluding carboxylic acids is 1. The smallest absolute Gasteiger partial charge is 0.276 e. The Balaban J connectivity index is 2.70. The van der Waals surface area contributed by atoms with Crippen LogP contribution in [-0.4, -0.2) is 39.3 Å². The van der Waals surface area contributed by atoms with Gasteiger partial charge in [0, 0.05) is 13.1 Å². The number of hydrogen-bond acceptors (Lipinski definition) is 3. The van der Waals surface area contributed by atoms with Gasteiger partial charge >= 0.3 is 0 Å². The van der Waals surface area contributed by atoms with E-state index in [1.807, 2.05) is 13.8 Å². The van der Waals surface area contributed by atoms with Crippen LogP contribution in [0.4, 0.5) is 0 Å². The molecule has 0 unspecified atom stereocenters. The Hall–Kier alpha value is -1.39. The summed E-state index contributed by atoms with van der Waals surface area (Å²) in [6, 6.07) is 0. The van der Waals surface area contributed by atoms with Gasteiger partial charge in [-0.25, -0.2) is 0 Å². The van der Waals surface area contributed by atoms with Gasteiger partial charge in [-0.3, -0.25) is 4.79 Å². The Morgan fingerprint density at radius 2 is 2.25 bits per heavy atom. The monoisotopic (exact) mass is 168 g/mol. The van der Waals surface area contributed by atoms with Gasteiger partial charge in [-0.15, -0.1) is 0 Å². The topological polar surface area (TPSA) is 61.9 Å². The molecule has 0 bridgehead atoms. The van der Waals surface area contributed by atoms with Crippen LogP contribution < -0.4 is 0 Å². The number of hydrogen-bond donors (Lipinski definition) is 1. The Morgan fingerprint density at radius 3 is 2.67 bits per heavy atom. The van der Waals surface area contributed by atoms with Crippen molar-refractivity contribution >= 4 is 5.91 Å². The summed E-state index contributed by atoms with van der Waals surface area (Å²) in [6.07, 6.45) is 1.43. The molecule has 0 saturated carbocycles. The summed E-state index contributed by atoms with van der Waals surface area (Å²) < 4.78 is 0. The molecule has 66 valence electrons. The standard InChI is InChI=1S/C7H12N4O/c1-3-11(4-2)7(12)6-5-8-10-9-6/h5H,3-4H2,1-2H3,(H,8,9,10). The maximum Gasteiger partial charge on any atom is 0.276 e. The molecule has 0 atom stereocenters. The van der Waals surface area contributed by atoms with Crippen LogP contribution in [0.1, 0.15) is 24.3 Å². The van der Waals surface area contributed by atoms with E-state index < -0.39 is 0 Å². The van der Waals surface area contributed by atoms with Crippen molar-refractivity contribution in [2.75, 3.05) is 13.1 Å². The molecular weight excluding hydrogens is 156 g/mol. The maximum absolute atomic E-state index is 11.5. The van der Waals surface area contributed by atoms with E-state index in [9.17, 15) is 4.79 Å². The van der Waals surface area contributed by atoms with E-state index in [-0.39, 0.29) is 5.91 Å². The van der Waals surface area contributed by atoms with E-state index >= 15 is 0 Å². The average molecular weight is 168 g/mol. The van der Waals surface area contributed by atoms with Gasteiger partial charge in [0.1, 0.15) is 0 Å². The van der Waals surface area contributed by atoms with Crippen LogP contribution >= 0.6 is 0 Å². The molecule has 1 amide bonds. The van der Waals surface area contributed by atoms with Crippen LogP contribution in [0.15, 0.2) is 6.20 Å². The second kappa shape index (κ2) is 3.85.